The fourth-order valence-electron chi connectivity index (χ4n) is 2.73. The first-order valence-electron chi connectivity index (χ1n) is 8.46. The molecule has 2 aromatic rings. The van der Waals surface area contributed by atoms with E-state index in [1.165, 1.54) is 0 Å². The van der Waals surface area contributed by atoms with Crippen LogP contribution in [0.15, 0.2) is 42.5 Å². The van der Waals surface area contributed by atoms with Gasteiger partial charge in [-0.15, -0.1) is 0 Å². The van der Waals surface area contributed by atoms with Gasteiger partial charge in [0, 0.05) is 37.8 Å². The molecule has 0 radical (unpaired) electrons. The number of nitrogens with one attached hydrogen (secondary N) is 2. The summed E-state index contributed by atoms with van der Waals surface area (Å²) in [4.78, 5) is 26.3. The number of anilines is 3. The first kappa shape index (κ1) is 17.8. The molecule has 0 spiro atoms. The monoisotopic (exact) mass is 354 g/mol. The Morgan fingerprint density at radius 3 is 2.77 bits per heavy atom. The Morgan fingerprint density at radius 1 is 1.27 bits per heavy atom. The molecule has 0 unspecified atom stereocenters. The van der Waals surface area contributed by atoms with Crippen LogP contribution in [-0.4, -0.2) is 38.6 Å². The number of nitrogens with zero attached hydrogens (tertiary/aromatic N) is 1. The maximum absolute atomic E-state index is 12.5. The Morgan fingerprint density at radius 2 is 2.04 bits per heavy atom. The molecule has 0 aliphatic carbocycles. The zero-order valence-electron chi connectivity index (χ0n) is 14.6. The van der Waals surface area contributed by atoms with Gasteiger partial charge in [0.15, 0.2) is 0 Å². The summed E-state index contributed by atoms with van der Waals surface area (Å²) >= 11 is 0. The topological polar surface area (TPSA) is 96.7 Å². The van der Waals surface area contributed by atoms with Crippen molar-refractivity contribution in [2.45, 2.75) is 6.42 Å². The standard InChI is InChI=1S/C19H22N4O3/c1-23-10-8-18(24)22-16-12-13(2-7-17(16)23)19(25)21-14-3-5-15(6-4-14)26-11-9-20/h2-7,12H,8-11,20H2,1H3,(H,21,25)(H,22,24). The molecule has 0 fully saturated rings. The predicted molar refractivity (Wildman–Crippen MR) is 102 cm³/mol. The number of rotatable bonds is 5. The number of amides is 2. The van der Waals surface area contributed by atoms with Crippen LogP contribution in [0.3, 0.4) is 0 Å². The second-order valence-electron chi connectivity index (χ2n) is 6.07. The summed E-state index contributed by atoms with van der Waals surface area (Å²) in [5.74, 6) is 0.398. The van der Waals surface area contributed by atoms with Crippen LogP contribution >= 0.6 is 0 Å². The summed E-state index contributed by atoms with van der Waals surface area (Å²) in [6.45, 7) is 1.53. The van der Waals surface area contributed by atoms with E-state index in [-0.39, 0.29) is 11.8 Å². The molecule has 0 bridgehead atoms. The lowest BCUT2D eigenvalue weighted by Crippen LogP contribution is -2.18. The van der Waals surface area contributed by atoms with Gasteiger partial charge in [-0.1, -0.05) is 0 Å². The summed E-state index contributed by atoms with van der Waals surface area (Å²) in [6.07, 6.45) is 0.422. The molecule has 1 heterocycles. The van der Waals surface area contributed by atoms with Crippen LogP contribution in [0.1, 0.15) is 16.8 Å². The lowest BCUT2D eigenvalue weighted by Gasteiger charge is -2.18. The third kappa shape index (κ3) is 4.12. The van der Waals surface area contributed by atoms with E-state index in [0.717, 1.165) is 5.69 Å². The maximum atomic E-state index is 12.5. The van der Waals surface area contributed by atoms with E-state index in [9.17, 15) is 9.59 Å². The van der Waals surface area contributed by atoms with Crippen molar-refractivity contribution < 1.29 is 14.3 Å². The van der Waals surface area contributed by atoms with E-state index in [0.29, 0.717) is 48.8 Å². The highest BCUT2D eigenvalue weighted by Gasteiger charge is 2.18. The summed E-state index contributed by atoms with van der Waals surface area (Å²) in [5, 5.41) is 5.69. The smallest absolute Gasteiger partial charge is 0.255 e. The molecule has 2 aromatic carbocycles. The third-order valence-electron chi connectivity index (χ3n) is 4.12. The zero-order chi connectivity index (χ0) is 18.5. The van der Waals surface area contributed by atoms with Crippen molar-refractivity contribution >= 4 is 28.9 Å². The Hall–Kier alpha value is -3.06. The second-order valence-corrected chi connectivity index (χ2v) is 6.07. The van der Waals surface area contributed by atoms with E-state index in [1.807, 2.05) is 18.0 Å². The highest BCUT2D eigenvalue weighted by molar-refractivity contribution is 6.06. The summed E-state index contributed by atoms with van der Waals surface area (Å²) < 4.78 is 5.41. The fourth-order valence-corrected chi connectivity index (χ4v) is 2.73. The third-order valence-corrected chi connectivity index (χ3v) is 4.12. The van der Waals surface area contributed by atoms with Gasteiger partial charge in [-0.05, 0) is 42.5 Å². The minimum absolute atomic E-state index is 0.0544. The lowest BCUT2D eigenvalue weighted by atomic mass is 10.1. The van der Waals surface area contributed by atoms with E-state index < -0.39 is 0 Å². The second kappa shape index (κ2) is 7.88. The molecule has 26 heavy (non-hydrogen) atoms. The minimum atomic E-state index is -0.246. The van der Waals surface area contributed by atoms with E-state index in [1.54, 1.807) is 36.4 Å². The molecule has 3 rings (SSSR count). The van der Waals surface area contributed by atoms with Gasteiger partial charge in [-0.2, -0.15) is 0 Å². The largest absolute Gasteiger partial charge is 0.492 e. The van der Waals surface area contributed by atoms with Crippen LogP contribution in [0.2, 0.25) is 0 Å². The van der Waals surface area contributed by atoms with Gasteiger partial charge < -0.3 is 26.0 Å². The molecule has 1 aliphatic heterocycles. The Labute approximate surface area is 152 Å². The van der Waals surface area contributed by atoms with Crippen LogP contribution in [0.25, 0.3) is 0 Å². The molecule has 2 amide bonds. The number of ether oxygens (including phenoxy) is 1. The van der Waals surface area contributed by atoms with Gasteiger partial charge in [0.05, 0.1) is 11.4 Å². The maximum Gasteiger partial charge on any atom is 0.255 e. The first-order chi connectivity index (χ1) is 12.6. The lowest BCUT2D eigenvalue weighted by molar-refractivity contribution is -0.115. The van der Waals surface area contributed by atoms with E-state index in [2.05, 4.69) is 10.6 Å². The van der Waals surface area contributed by atoms with Crippen molar-refractivity contribution in [3.05, 3.63) is 48.0 Å². The van der Waals surface area contributed by atoms with Crippen molar-refractivity contribution in [2.24, 2.45) is 5.73 Å². The van der Waals surface area contributed by atoms with Gasteiger partial charge in [-0.3, -0.25) is 9.59 Å². The number of carbonyl (C=O) groups is 2. The van der Waals surface area contributed by atoms with Crippen LogP contribution in [0.5, 0.6) is 5.75 Å². The van der Waals surface area contributed by atoms with Gasteiger partial charge in [0.1, 0.15) is 12.4 Å². The van der Waals surface area contributed by atoms with Gasteiger partial charge >= 0.3 is 0 Å². The average Bonchev–Trinajstić information content (AvgIpc) is 2.79. The predicted octanol–water partition coefficient (Wildman–Crippen LogP) is 2.05. The van der Waals surface area contributed by atoms with Crippen LogP contribution in [-0.2, 0) is 4.79 Å². The van der Waals surface area contributed by atoms with Crippen molar-refractivity contribution in [2.75, 3.05) is 42.3 Å². The number of benzene rings is 2. The molecule has 7 nitrogen and oxygen atoms in total. The molecule has 136 valence electrons. The molecular weight excluding hydrogens is 332 g/mol. The summed E-state index contributed by atoms with van der Waals surface area (Å²) in [5.41, 5.74) is 8.08. The summed E-state index contributed by atoms with van der Waals surface area (Å²) in [6, 6.07) is 12.4. The van der Waals surface area contributed by atoms with E-state index in [4.69, 9.17) is 10.5 Å². The average molecular weight is 354 g/mol. The van der Waals surface area contributed by atoms with Crippen LogP contribution in [0, 0.1) is 0 Å². The Kier molecular flexibility index (Phi) is 5.38. The van der Waals surface area contributed by atoms with Crippen molar-refractivity contribution in [1.82, 2.24) is 0 Å². The van der Waals surface area contributed by atoms with Gasteiger partial charge in [-0.25, -0.2) is 0 Å². The van der Waals surface area contributed by atoms with Gasteiger partial charge in [0.25, 0.3) is 5.91 Å². The van der Waals surface area contributed by atoms with Crippen molar-refractivity contribution in [1.29, 1.82) is 0 Å². The number of carbonyl (C=O) groups excluding carboxylic acids is 2. The van der Waals surface area contributed by atoms with Crippen LogP contribution in [0.4, 0.5) is 17.1 Å². The quantitative estimate of drug-likeness (QED) is 0.764. The zero-order valence-corrected chi connectivity index (χ0v) is 14.6. The first-order valence-corrected chi connectivity index (χ1v) is 8.46. The van der Waals surface area contributed by atoms with E-state index >= 15 is 0 Å². The number of nitrogens with two attached hydrogens (primary N) is 1. The highest BCUT2D eigenvalue weighted by atomic mass is 16.5. The summed E-state index contributed by atoms with van der Waals surface area (Å²) in [7, 11) is 1.92. The number of fused-ring (bicyclic) bond motifs is 1. The Balaban J connectivity index is 1.73. The van der Waals surface area contributed by atoms with Gasteiger partial charge in [0.2, 0.25) is 5.91 Å². The van der Waals surface area contributed by atoms with Crippen LogP contribution < -0.4 is 26.0 Å². The molecule has 0 saturated heterocycles. The number of hydrogen-bond donors (Lipinski definition) is 3. The molecular formula is C19H22N4O3. The minimum Gasteiger partial charge on any atom is -0.492 e. The molecule has 0 atom stereocenters. The normalized spacial score (nSPS) is 13.5. The molecule has 0 aromatic heterocycles. The molecule has 1 aliphatic rings. The SMILES string of the molecule is CN1CCC(=O)Nc2cc(C(=O)Nc3ccc(OCCN)cc3)ccc21. The fraction of sp³-hybridized carbons (Fsp3) is 0.263. The Bertz CT molecular complexity index is 805. The molecule has 7 heteroatoms. The molecule has 0 saturated carbocycles. The molecule has 4 N–H and O–H groups in total. The van der Waals surface area contributed by atoms with Crippen molar-refractivity contribution in [3.63, 3.8) is 0 Å². The van der Waals surface area contributed by atoms with Crippen molar-refractivity contribution in [3.8, 4) is 5.75 Å². The highest BCUT2D eigenvalue weighted by Crippen LogP contribution is 2.29. The number of hydrogen-bond acceptors (Lipinski definition) is 5.